The van der Waals surface area contributed by atoms with Crippen LogP contribution < -0.4 is 5.32 Å². The van der Waals surface area contributed by atoms with E-state index in [2.05, 4.69) is 29.2 Å². The number of urea groups is 1. The molecule has 0 radical (unpaired) electrons. The SMILES string of the molecule is COC1CCC2C(C1)CC1C2C2(CCN(C(=O)Nc3ccccc3F)CC2)CN(C(C)=O)[C@H]1CN(C)C. The Hall–Kier alpha value is -2.19. The van der Waals surface area contributed by atoms with Gasteiger partial charge < -0.3 is 24.8 Å². The monoisotopic (exact) mass is 514 g/mol. The van der Waals surface area contributed by atoms with Gasteiger partial charge >= 0.3 is 6.03 Å². The molecule has 204 valence electrons. The van der Waals surface area contributed by atoms with Gasteiger partial charge in [0.1, 0.15) is 5.82 Å². The fraction of sp³-hybridized carbons (Fsp3) is 0.724. The van der Waals surface area contributed by atoms with Crippen LogP contribution in [-0.2, 0) is 9.53 Å². The smallest absolute Gasteiger partial charge is 0.321 e. The maximum Gasteiger partial charge on any atom is 0.321 e. The number of ether oxygens (including phenoxy) is 1. The van der Waals surface area contributed by atoms with Crippen LogP contribution in [0, 0.1) is 34.9 Å². The highest BCUT2D eigenvalue weighted by atomic mass is 19.1. The number of hydrogen-bond donors (Lipinski definition) is 1. The van der Waals surface area contributed by atoms with E-state index in [0.717, 1.165) is 45.2 Å². The summed E-state index contributed by atoms with van der Waals surface area (Å²) in [5.41, 5.74) is 0.237. The summed E-state index contributed by atoms with van der Waals surface area (Å²) in [7, 11) is 6.05. The molecule has 2 aliphatic carbocycles. The number of hydrogen-bond acceptors (Lipinski definition) is 4. The summed E-state index contributed by atoms with van der Waals surface area (Å²) in [5.74, 6) is 2.08. The Morgan fingerprint density at radius 1 is 1.14 bits per heavy atom. The van der Waals surface area contributed by atoms with Crippen molar-refractivity contribution in [3.05, 3.63) is 30.1 Å². The quantitative estimate of drug-likeness (QED) is 0.651. The lowest BCUT2D eigenvalue weighted by atomic mass is 9.57. The lowest BCUT2D eigenvalue weighted by molar-refractivity contribution is -0.149. The van der Waals surface area contributed by atoms with Gasteiger partial charge in [-0.05, 0) is 93.8 Å². The van der Waals surface area contributed by atoms with Crippen LogP contribution in [0.25, 0.3) is 0 Å². The molecule has 3 amide bonds. The molecule has 1 spiro atoms. The molecular weight excluding hydrogens is 471 g/mol. The molecular formula is C29H43FN4O3. The molecule has 0 bridgehead atoms. The molecule has 8 heteroatoms. The lowest BCUT2D eigenvalue weighted by Crippen LogP contribution is -2.64. The van der Waals surface area contributed by atoms with Crippen LogP contribution in [0.1, 0.15) is 45.4 Å². The van der Waals surface area contributed by atoms with Crippen LogP contribution in [0.5, 0.6) is 0 Å². The largest absolute Gasteiger partial charge is 0.381 e. The molecule has 5 rings (SSSR count). The summed E-state index contributed by atoms with van der Waals surface area (Å²) in [6, 6.07) is 6.28. The van der Waals surface area contributed by atoms with Gasteiger partial charge in [0, 0.05) is 46.3 Å². The molecule has 7 nitrogen and oxygen atoms in total. The van der Waals surface area contributed by atoms with E-state index in [1.54, 1.807) is 25.1 Å². The first-order valence-corrected chi connectivity index (χ1v) is 14.0. The maximum absolute atomic E-state index is 14.1. The van der Waals surface area contributed by atoms with Gasteiger partial charge in [0.2, 0.25) is 5.91 Å². The second-order valence-electron chi connectivity index (χ2n) is 12.3. The standard InChI is InChI=1S/C29H43FN4O3/c1-19(35)34-18-29(11-13-33(14-12-29)28(36)31-25-8-6-5-7-24(25)30)27-22-10-9-21(37-4)15-20(22)16-23(27)26(34)17-32(2)3/h5-8,20-23,26-27H,9-18H2,1-4H3,(H,31,36)/t20?,21?,22?,23?,26-,27?/m0/s1. The van der Waals surface area contributed by atoms with Gasteiger partial charge in [0.15, 0.2) is 0 Å². The molecule has 1 N–H and O–H groups in total. The average molecular weight is 515 g/mol. The Morgan fingerprint density at radius 2 is 1.86 bits per heavy atom. The van der Waals surface area contributed by atoms with Gasteiger partial charge in [-0.25, -0.2) is 9.18 Å². The molecule has 2 aliphatic heterocycles. The third kappa shape index (κ3) is 4.99. The predicted octanol–water partition coefficient (Wildman–Crippen LogP) is 4.30. The van der Waals surface area contributed by atoms with Crippen molar-refractivity contribution in [1.29, 1.82) is 0 Å². The Labute approximate surface area is 220 Å². The molecule has 6 atom stereocenters. The van der Waals surface area contributed by atoms with Crippen LogP contribution in [0.15, 0.2) is 24.3 Å². The van der Waals surface area contributed by atoms with E-state index >= 15 is 0 Å². The van der Waals surface area contributed by atoms with Crippen molar-refractivity contribution in [3.63, 3.8) is 0 Å². The van der Waals surface area contributed by atoms with Crippen molar-refractivity contribution in [2.45, 2.75) is 57.6 Å². The Morgan fingerprint density at radius 3 is 2.51 bits per heavy atom. The normalized spacial score (nSPS) is 32.8. The summed E-state index contributed by atoms with van der Waals surface area (Å²) in [6.07, 6.45) is 6.70. The first-order chi connectivity index (χ1) is 17.7. The fourth-order valence-corrected chi connectivity index (χ4v) is 8.47. The average Bonchev–Trinajstić information content (AvgIpc) is 3.27. The zero-order valence-corrected chi connectivity index (χ0v) is 22.8. The van der Waals surface area contributed by atoms with Crippen molar-refractivity contribution in [2.75, 3.05) is 52.7 Å². The molecule has 2 saturated heterocycles. The number of carbonyl (C=O) groups is 2. The number of benzene rings is 1. The third-order valence-corrected chi connectivity index (χ3v) is 10.0. The number of likely N-dealkylation sites (tertiary alicyclic amines) is 2. The minimum Gasteiger partial charge on any atom is -0.381 e. The highest BCUT2D eigenvalue weighted by Gasteiger charge is 2.61. The van der Waals surface area contributed by atoms with Crippen molar-refractivity contribution >= 4 is 17.6 Å². The zero-order valence-electron chi connectivity index (χ0n) is 22.8. The molecule has 4 fully saturated rings. The van der Waals surface area contributed by atoms with Gasteiger partial charge in [-0.2, -0.15) is 0 Å². The molecule has 1 aromatic rings. The van der Waals surface area contributed by atoms with E-state index in [0.29, 0.717) is 42.9 Å². The highest BCUT2D eigenvalue weighted by Crippen LogP contribution is 2.62. The number of amides is 3. The van der Waals surface area contributed by atoms with Crippen molar-refractivity contribution in [2.24, 2.45) is 29.1 Å². The molecule has 0 aromatic heterocycles. The summed E-state index contributed by atoms with van der Waals surface area (Å²) in [6.45, 7) is 4.65. The predicted molar refractivity (Wildman–Crippen MR) is 142 cm³/mol. The van der Waals surface area contributed by atoms with E-state index in [1.807, 2.05) is 12.0 Å². The van der Waals surface area contributed by atoms with Crippen LogP contribution >= 0.6 is 0 Å². The summed E-state index contributed by atoms with van der Waals surface area (Å²) in [4.78, 5) is 32.2. The van der Waals surface area contributed by atoms with Gasteiger partial charge in [0.25, 0.3) is 0 Å². The Kier molecular flexibility index (Phi) is 7.51. The van der Waals surface area contributed by atoms with Crippen LogP contribution in [-0.4, -0.2) is 86.2 Å². The molecule has 2 heterocycles. The van der Waals surface area contributed by atoms with E-state index in [1.165, 1.54) is 12.5 Å². The highest BCUT2D eigenvalue weighted by molar-refractivity contribution is 5.89. The summed E-state index contributed by atoms with van der Waals surface area (Å²) in [5, 5.41) is 2.76. The molecule has 4 aliphatic rings. The zero-order chi connectivity index (χ0) is 26.3. The molecule has 2 saturated carbocycles. The number of nitrogens with zero attached hydrogens (tertiary/aromatic N) is 3. The van der Waals surface area contributed by atoms with Gasteiger partial charge in [-0.3, -0.25) is 4.79 Å². The first kappa shape index (κ1) is 26.4. The fourth-order valence-electron chi connectivity index (χ4n) is 8.47. The maximum atomic E-state index is 14.1. The number of rotatable bonds is 4. The number of likely N-dealkylation sites (N-methyl/N-ethyl adjacent to an activating group) is 1. The van der Waals surface area contributed by atoms with E-state index < -0.39 is 5.82 Å². The number of carbonyl (C=O) groups excluding carboxylic acids is 2. The number of anilines is 1. The van der Waals surface area contributed by atoms with Crippen molar-refractivity contribution < 1.29 is 18.7 Å². The minimum atomic E-state index is -0.424. The topological polar surface area (TPSA) is 65.1 Å². The summed E-state index contributed by atoms with van der Waals surface area (Å²) < 4.78 is 19.9. The van der Waals surface area contributed by atoms with Crippen LogP contribution in [0.4, 0.5) is 14.9 Å². The second-order valence-corrected chi connectivity index (χ2v) is 12.3. The molecule has 1 aromatic carbocycles. The molecule has 5 unspecified atom stereocenters. The first-order valence-electron chi connectivity index (χ1n) is 14.0. The molecule has 37 heavy (non-hydrogen) atoms. The van der Waals surface area contributed by atoms with Crippen LogP contribution in [0.2, 0.25) is 0 Å². The van der Waals surface area contributed by atoms with E-state index in [9.17, 15) is 14.0 Å². The lowest BCUT2D eigenvalue weighted by Gasteiger charge is -2.58. The Bertz CT molecular complexity index is 995. The van der Waals surface area contributed by atoms with E-state index in [4.69, 9.17) is 4.74 Å². The second kappa shape index (κ2) is 10.5. The van der Waals surface area contributed by atoms with Gasteiger partial charge in [-0.1, -0.05) is 12.1 Å². The Balaban J connectivity index is 1.38. The minimum absolute atomic E-state index is 0.0211. The number of piperidine rings is 2. The number of methoxy groups -OCH3 is 1. The summed E-state index contributed by atoms with van der Waals surface area (Å²) >= 11 is 0. The van der Waals surface area contributed by atoms with Crippen LogP contribution in [0.3, 0.4) is 0 Å². The number of fused-ring (bicyclic) bond motifs is 4. The number of para-hydroxylation sites is 1. The van der Waals surface area contributed by atoms with Crippen molar-refractivity contribution in [1.82, 2.24) is 14.7 Å². The van der Waals surface area contributed by atoms with Gasteiger partial charge in [-0.15, -0.1) is 0 Å². The number of halogens is 1. The van der Waals surface area contributed by atoms with Crippen molar-refractivity contribution in [3.8, 4) is 0 Å². The van der Waals surface area contributed by atoms with E-state index in [-0.39, 0.29) is 29.1 Å². The number of nitrogens with one attached hydrogen (secondary N) is 1. The third-order valence-electron chi connectivity index (χ3n) is 10.0. The van der Waals surface area contributed by atoms with Gasteiger partial charge in [0.05, 0.1) is 11.8 Å².